The molecule has 2 nitrogen and oxygen atoms in total. The van der Waals surface area contributed by atoms with Gasteiger partial charge in [0.15, 0.2) is 0 Å². The van der Waals surface area contributed by atoms with Crippen molar-refractivity contribution in [3.63, 3.8) is 0 Å². The molecule has 0 aromatic rings. The normalized spacial score (nSPS) is 18.1. The van der Waals surface area contributed by atoms with Gasteiger partial charge in [0.25, 0.3) is 0 Å². The second kappa shape index (κ2) is 8.38. The van der Waals surface area contributed by atoms with Crippen LogP contribution in [0.4, 0.5) is 0 Å². The van der Waals surface area contributed by atoms with Gasteiger partial charge in [0.05, 0.1) is 6.42 Å². The van der Waals surface area contributed by atoms with Crippen LogP contribution in [0, 0.1) is 16.9 Å². The van der Waals surface area contributed by atoms with E-state index in [-0.39, 0.29) is 5.41 Å². The number of carboxylic acid groups (broad SMARTS) is 1. The summed E-state index contributed by atoms with van der Waals surface area (Å²) in [6, 6.07) is 0. The molecule has 1 fully saturated rings. The van der Waals surface area contributed by atoms with Crippen LogP contribution >= 0.6 is 0 Å². The summed E-state index contributed by atoms with van der Waals surface area (Å²) in [7, 11) is -1.69. The predicted molar refractivity (Wildman–Crippen MR) is 101 cm³/mol. The van der Waals surface area contributed by atoms with Crippen molar-refractivity contribution in [2.45, 2.75) is 103 Å². The Hall–Kier alpha value is -0.753. The molecule has 1 N–H and O–H groups in total. The quantitative estimate of drug-likeness (QED) is 0.475. The monoisotopic (exact) mass is 336 g/mol. The molecule has 0 atom stereocenters. The van der Waals surface area contributed by atoms with Gasteiger partial charge in [0.1, 0.15) is 8.07 Å². The van der Waals surface area contributed by atoms with E-state index in [4.69, 9.17) is 0 Å². The van der Waals surface area contributed by atoms with E-state index in [0.717, 1.165) is 32.1 Å². The summed E-state index contributed by atoms with van der Waals surface area (Å²) in [5.41, 5.74) is 5.61. The fraction of sp³-hybridized carbons (Fsp3) is 0.850. The van der Waals surface area contributed by atoms with Crippen molar-refractivity contribution in [1.29, 1.82) is 0 Å². The zero-order valence-corrected chi connectivity index (χ0v) is 17.0. The average Bonchev–Trinajstić information content (AvgIpc) is 2.42. The number of rotatable bonds is 6. The van der Waals surface area contributed by atoms with Crippen molar-refractivity contribution in [3.8, 4) is 11.5 Å². The van der Waals surface area contributed by atoms with E-state index in [1.54, 1.807) is 0 Å². The first-order valence-corrected chi connectivity index (χ1v) is 11.6. The Bertz CT molecular complexity index is 426. The third kappa shape index (κ3) is 4.86. The van der Waals surface area contributed by atoms with Crippen LogP contribution in [0.5, 0.6) is 0 Å². The molecule has 23 heavy (non-hydrogen) atoms. The van der Waals surface area contributed by atoms with E-state index in [9.17, 15) is 9.90 Å². The zero-order chi connectivity index (χ0) is 17.7. The molecule has 0 heterocycles. The smallest absolute Gasteiger partial charge is 0.303 e. The predicted octanol–water partition coefficient (Wildman–Crippen LogP) is 6.02. The first kappa shape index (κ1) is 20.3. The van der Waals surface area contributed by atoms with Gasteiger partial charge in [-0.2, -0.15) is 0 Å². The molecule has 0 aromatic heterocycles. The Kier molecular flexibility index (Phi) is 7.39. The average molecular weight is 337 g/mol. The van der Waals surface area contributed by atoms with Crippen molar-refractivity contribution in [3.05, 3.63) is 0 Å². The highest BCUT2D eigenvalue weighted by molar-refractivity contribution is 6.90. The number of carbonyl (C=O) groups is 1. The highest BCUT2D eigenvalue weighted by Crippen LogP contribution is 2.43. The second-order valence-corrected chi connectivity index (χ2v) is 14.1. The lowest BCUT2D eigenvalue weighted by Gasteiger charge is -2.38. The lowest BCUT2D eigenvalue weighted by molar-refractivity contribution is -0.140. The van der Waals surface area contributed by atoms with Gasteiger partial charge < -0.3 is 5.11 Å². The van der Waals surface area contributed by atoms with Crippen molar-refractivity contribution < 1.29 is 9.90 Å². The van der Waals surface area contributed by atoms with E-state index >= 15 is 0 Å². The lowest BCUT2D eigenvalue weighted by Crippen LogP contribution is -2.43. The van der Waals surface area contributed by atoms with Crippen molar-refractivity contribution in [2.75, 3.05) is 0 Å². The fourth-order valence-electron chi connectivity index (χ4n) is 4.86. The third-order valence-electron chi connectivity index (χ3n) is 6.07. The van der Waals surface area contributed by atoms with Crippen molar-refractivity contribution in [1.82, 2.24) is 0 Å². The van der Waals surface area contributed by atoms with Crippen LogP contribution < -0.4 is 0 Å². The van der Waals surface area contributed by atoms with E-state index in [1.165, 1.54) is 6.42 Å². The third-order valence-corrected chi connectivity index (χ3v) is 12.4. The molecule has 1 aliphatic carbocycles. The molecular formula is C20H36O2Si. The highest BCUT2D eigenvalue weighted by Gasteiger charge is 2.42. The number of aliphatic carboxylic acids is 1. The topological polar surface area (TPSA) is 37.3 Å². The van der Waals surface area contributed by atoms with Crippen LogP contribution in [0.3, 0.4) is 0 Å². The van der Waals surface area contributed by atoms with E-state index in [1.807, 2.05) is 0 Å². The van der Waals surface area contributed by atoms with Crippen LogP contribution in [0.2, 0.25) is 16.6 Å². The number of carboxylic acids is 1. The first-order chi connectivity index (χ1) is 10.7. The minimum absolute atomic E-state index is 0.0673. The molecule has 1 rings (SSSR count). The van der Waals surface area contributed by atoms with Crippen LogP contribution in [-0.4, -0.2) is 19.1 Å². The number of hydrogen-bond donors (Lipinski definition) is 1. The van der Waals surface area contributed by atoms with Gasteiger partial charge in [-0.05, 0) is 34.9 Å². The van der Waals surface area contributed by atoms with Crippen LogP contribution in [0.1, 0.15) is 86.5 Å². The molecule has 0 spiro atoms. The van der Waals surface area contributed by atoms with E-state index < -0.39 is 14.0 Å². The molecule has 0 radical (unpaired) electrons. The summed E-state index contributed by atoms with van der Waals surface area (Å²) in [5, 5.41) is 9.32. The molecule has 1 aliphatic rings. The molecule has 0 aromatic carbocycles. The molecule has 0 amide bonds. The molecule has 3 heteroatoms. The SMILES string of the molecule is CC(C)[Si](C#CCC1(CC(=O)O)CCCCC1)(C(C)C)C(C)C. The fourth-order valence-corrected chi connectivity index (χ4v) is 10.1. The molecular weight excluding hydrogens is 300 g/mol. The lowest BCUT2D eigenvalue weighted by atomic mass is 9.70. The minimum atomic E-state index is -1.69. The summed E-state index contributed by atoms with van der Waals surface area (Å²) in [6.07, 6.45) is 6.71. The maximum absolute atomic E-state index is 11.3. The van der Waals surface area contributed by atoms with E-state index in [0.29, 0.717) is 23.0 Å². The molecule has 132 valence electrons. The van der Waals surface area contributed by atoms with Crippen LogP contribution in [-0.2, 0) is 4.79 Å². The van der Waals surface area contributed by atoms with Gasteiger partial charge in [-0.3, -0.25) is 4.79 Å². The van der Waals surface area contributed by atoms with Gasteiger partial charge >= 0.3 is 5.97 Å². The maximum atomic E-state index is 11.3. The molecule has 0 bridgehead atoms. The first-order valence-electron chi connectivity index (χ1n) is 9.38. The highest BCUT2D eigenvalue weighted by atomic mass is 28.3. The Morgan fingerprint density at radius 1 is 1.00 bits per heavy atom. The van der Waals surface area contributed by atoms with Gasteiger partial charge in [0.2, 0.25) is 0 Å². The van der Waals surface area contributed by atoms with Gasteiger partial charge in [-0.15, -0.1) is 11.5 Å². The summed E-state index contributed by atoms with van der Waals surface area (Å²) in [6.45, 7) is 14.0. The van der Waals surface area contributed by atoms with Crippen molar-refractivity contribution in [2.24, 2.45) is 5.41 Å². The molecule has 0 saturated heterocycles. The Labute approximate surface area is 144 Å². The Morgan fingerprint density at radius 2 is 1.48 bits per heavy atom. The van der Waals surface area contributed by atoms with Gasteiger partial charge in [-0.1, -0.05) is 60.8 Å². The zero-order valence-electron chi connectivity index (χ0n) is 16.0. The minimum Gasteiger partial charge on any atom is -0.481 e. The molecule has 0 aliphatic heterocycles. The van der Waals surface area contributed by atoms with Crippen LogP contribution in [0.25, 0.3) is 0 Å². The second-order valence-electron chi connectivity index (χ2n) is 8.51. The van der Waals surface area contributed by atoms with Crippen molar-refractivity contribution >= 4 is 14.0 Å². The largest absolute Gasteiger partial charge is 0.481 e. The number of hydrogen-bond acceptors (Lipinski definition) is 1. The van der Waals surface area contributed by atoms with Crippen LogP contribution in [0.15, 0.2) is 0 Å². The maximum Gasteiger partial charge on any atom is 0.303 e. The summed E-state index contributed by atoms with van der Waals surface area (Å²) in [5.74, 6) is 2.88. The Balaban J connectivity index is 3.03. The standard InChI is InChI=1S/C20H36O2Si/c1-16(2)23(17(3)4,18(5)6)14-10-13-20(15-19(21)22)11-8-7-9-12-20/h16-18H,7-9,11-13,15H2,1-6H3,(H,21,22). The summed E-state index contributed by atoms with van der Waals surface area (Å²) in [4.78, 5) is 11.3. The molecule has 0 unspecified atom stereocenters. The van der Waals surface area contributed by atoms with E-state index in [2.05, 4.69) is 53.0 Å². The summed E-state index contributed by atoms with van der Waals surface area (Å²) >= 11 is 0. The Morgan fingerprint density at radius 3 is 1.87 bits per heavy atom. The summed E-state index contributed by atoms with van der Waals surface area (Å²) < 4.78 is 0. The molecule has 1 saturated carbocycles. The van der Waals surface area contributed by atoms with Gasteiger partial charge in [0, 0.05) is 6.42 Å². The van der Waals surface area contributed by atoms with Gasteiger partial charge in [-0.25, -0.2) is 0 Å².